The summed E-state index contributed by atoms with van der Waals surface area (Å²) < 4.78 is 24.7. The second-order valence-corrected chi connectivity index (χ2v) is 8.97. The Kier molecular flexibility index (Phi) is 8.18. The first-order valence-electron chi connectivity index (χ1n) is 10.3. The molecule has 0 bridgehead atoms. The summed E-state index contributed by atoms with van der Waals surface area (Å²) >= 11 is 0. The van der Waals surface area contributed by atoms with Gasteiger partial charge >= 0.3 is 7.60 Å². The largest absolute Gasteiger partial charge is 0.508 e. The highest BCUT2D eigenvalue weighted by Crippen LogP contribution is 2.61. The molecule has 0 aromatic heterocycles. The van der Waals surface area contributed by atoms with Crippen molar-refractivity contribution in [2.24, 2.45) is 10.2 Å². The van der Waals surface area contributed by atoms with Crippen LogP contribution in [-0.4, -0.2) is 24.4 Å². The minimum Gasteiger partial charge on any atom is -0.508 e. The van der Waals surface area contributed by atoms with E-state index in [1.165, 1.54) is 0 Å². The molecule has 164 valence electrons. The van der Waals surface area contributed by atoms with Gasteiger partial charge in [0.2, 0.25) is 0 Å². The van der Waals surface area contributed by atoms with Crippen LogP contribution in [0.15, 0.2) is 83.1 Å². The summed E-state index contributed by atoms with van der Waals surface area (Å²) in [5.41, 5.74) is 1.84. The summed E-state index contributed by atoms with van der Waals surface area (Å²) in [4.78, 5) is 0. The van der Waals surface area contributed by atoms with Crippen molar-refractivity contribution in [1.29, 1.82) is 0 Å². The lowest BCUT2D eigenvalue weighted by Crippen LogP contribution is -2.15. The van der Waals surface area contributed by atoms with Crippen LogP contribution < -0.4 is 5.32 Å². The Morgan fingerprint density at radius 2 is 1.81 bits per heavy atom. The van der Waals surface area contributed by atoms with E-state index in [9.17, 15) is 9.67 Å². The van der Waals surface area contributed by atoms with Crippen LogP contribution in [0.25, 0.3) is 0 Å². The Bertz CT molecular complexity index is 979. The molecule has 2 N–H and O–H groups in total. The lowest BCUT2D eigenvalue weighted by Gasteiger charge is -2.28. The summed E-state index contributed by atoms with van der Waals surface area (Å²) in [6, 6.07) is 14.1. The second kappa shape index (κ2) is 11.0. The van der Waals surface area contributed by atoms with E-state index in [1.807, 2.05) is 42.5 Å². The molecule has 7 nitrogen and oxygen atoms in total. The van der Waals surface area contributed by atoms with E-state index in [2.05, 4.69) is 21.6 Å². The maximum Gasteiger partial charge on any atom is 0.357 e. The van der Waals surface area contributed by atoms with Gasteiger partial charge in [0, 0.05) is 11.3 Å². The van der Waals surface area contributed by atoms with Crippen molar-refractivity contribution in [3.05, 3.63) is 78.4 Å². The molecule has 0 fully saturated rings. The van der Waals surface area contributed by atoms with Crippen LogP contribution in [-0.2, 0) is 13.6 Å². The predicted molar refractivity (Wildman–Crippen MR) is 123 cm³/mol. The van der Waals surface area contributed by atoms with Crippen molar-refractivity contribution < 1.29 is 18.7 Å². The molecule has 3 rings (SSSR count). The Morgan fingerprint density at radius 3 is 2.42 bits per heavy atom. The third kappa shape index (κ3) is 6.14. The molecule has 8 heteroatoms. The van der Waals surface area contributed by atoms with Gasteiger partial charge in [-0.05, 0) is 50.6 Å². The molecule has 31 heavy (non-hydrogen) atoms. The molecule has 0 radical (unpaired) electrons. The number of phenolic OH excluding ortho intramolecular Hbond substituents is 1. The molecule has 0 spiro atoms. The molecular weight excluding hydrogens is 413 g/mol. The van der Waals surface area contributed by atoms with E-state index in [0.717, 1.165) is 6.42 Å². The van der Waals surface area contributed by atoms with Gasteiger partial charge in [-0.3, -0.25) is 4.57 Å². The second-order valence-electron chi connectivity index (χ2n) is 6.86. The lowest BCUT2D eigenvalue weighted by atomic mass is 10.1. The first-order chi connectivity index (χ1) is 15.1. The van der Waals surface area contributed by atoms with Crippen molar-refractivity contribution in [3.8, 4) is 5.75 Å². The zero-order valence-corrected chi connectivity index (χ0v) is 18.6. The molecule has 0 saturated heterocycles. The Morgan fingerprint density at radius 1 is 1.10 bits per heavy atom. The number of allylic oxidation sites excluding steroid dienone is 2. The summed E-state index contributed by atoms with van der Waals surface area (Å²) in [5.74, 6) is -0.861. The number of phenols is 1. The SMILES string of the molecule is CCOP(=O)(OCC)C(Nc1ccc(N=NC2C=CC=CC2)cc1)c1ccccc1O. The van der Waals surface area contributed by atoms with Crippen LogP contribution >= 0.6 is 7.60 Å². The molecule has 1 aliphatic carbocycles. The predicted octanol–water partition coefficient (Wildman–Crippen LogP) is 6.74. The number of hydrogen-bond donors (Lipinski definition) is 2. The number of benzene rings is 2. The fourth-order valence-corrected chi connectivity index (χ4v) is 5.13. The number of azo groups is 1. The molecule has 2 atom stereocenters. The number of rotatable bonds is 10. The number of nitrogens with zero attached hydrogens (tertiary/aromatic N) is 2. The van der Waals surface area contributed by atoms with E-state index in [-0.39, 0.29) is 25.0 Å². The number of aromatic hydroxyl groups is 1. The van der Waals surface area contributed by atoms with Crippen LogP contribution in [0.2, 0.25) is 0 Å². The smallest absolute Gasteiger partial charge is 0.357 e. The molecule has 1 aliphatic rings. The maximum absolute atomic E-state index is 13.6. The van der Waals surface area contributed by atoms with Crippen molar-refractivity contribution in [2.45, 2.75) is 32.1 Å². The van der Waals surface area contributed by atoms with E-state index in [0.29, 0.717) is 16.9 Å². The van der Waals surface area contributed by atoms with Crippen molar-refractivity contribution >= 4 is 19.0 Å². The molecule has 2 aromatic rings. The van der Waals surface area contributed by atoms with Crippen molar-refractivity contribution in [2.75, 3.05) is 18.5 Å². The van der Waals surface area contributed by atoms with Crippen LogP contribution in [0, 0.1) is 0 Å². The average Bonchev–Trinajstić information content (AvgIpc) is 2.78. The van der Waals surface area contributed by atoms with E-state index < -0.39 is 13.4 Å². The summed E-state index contributed by atoms with van der Waals surface area (Å²) in [5, 5.41) is 22.2. The highest BCUT2D eigenvalue weighted by atomic mass is 31.2. The standard InChI is InChI=1S/C23H28N3O4P/c1-3-29-31(28,30-4-2)23(21-12-8-9-13-22(21)27)24-18-14-16-20(17-15-18)26-25-19-10-6-5-7-11-19/h5-10,12-17,19,23-24,27H,3-4,11H2,1-2H3. The molecule has 2 aromatic carbocycles. The minimum atomic E-state index is -3.61. The van der Waals surface area contributed by atoms with Gasteiger partial charge in [0.25, 0.3) is 0 Å². The zero-order chi connectivity index (χ0) is 22.1. The van der Waals surface area contributed by atoms with Gasteiger partial charge in [-0.25, -0.2) is 0 Å². The summed E-state index contributed by atoms with van der Waals surface area (Å²) in [7, 11) is -3.61. The third-order valence-corrected chi connectivity index (χ3v) is 6.89. The molecule has 0 amide bonds. The minimum absolute atomic E-state index is 0.0136. The first-order valence-corrected chi connectivity index (χ1v) is 11.9. The van der Waals surface area contributed by atoms with Crippen molar-refractivity contribution in [1.82, 2.24) is 0 Å². The first kappa shape index (κ1) is 22.9. The topological polar surface area (TPSA) is 92.5 Å². The monoisotopic (exact) mass is 441 g/mol. The quantitative estimate of drug-likeness (QED) is 0.315. The van der Waals surface area contributed by atoms with Crippen LogP contribution in [0.5, 0.6) is 5.75 Å². The molecule has 0 aliphatic heterocycles. The Labute approximate surface area is 183 Å². The van der Waals surface area contributed by atoms with Gasteiger partial charge < -0.3 is 19.5 Å². The van der Waals surface area contributed by atoms with E-state index in [4.69, 9.17) is 9.05 Å². The Hall–Kier alpha value is -2.73. The van der Waals surface area contributed by atoms with Gasteiger partial charge in [0.1, 0.15) is 5.75 Å². The zero-order valence-electron chi connectivity index (χ0n) is 17.7. The summed E-state index contributed by atoms with van der Waals surface area (Å²) in [6.07, 6.45) is 8.87. The maximum atomic E-state index is 13.6. The fraction of sp³-hybridized carbons (Fsp3) is 0.304. The highest BCUT2D eigenvalue weighted by Gasteiger charge is 2.38. The Balaban J connectivity index is 1.83. The van der Waals surface area contributed by atoms with Crippen molar-refractivity contribution in [3.63, 3.8) is 0 Å². The number of hydrogen-bond acceptors (Lipinski definition) is 7. The summed E-state index contributed by atoms with van der Waals surface area (Å²) in [6.45, 7) is 3.94. The molecule has 0 saturated carbocycles. The van der Waals surface area contributed by atoms with Gasteiger partial charge in [-0.1, -0.05) is 42.5 Å². The molecule has 2 unspecified atom stereocenters. The van der Waals surface area contributed by atoms with Gasteiger partial charge in [-0.2, -0.15) is 10.2 Å². The molecule has 0 heterocycles. The highest BCUT2D eigenvalue weighted by molar-refractivity contribution is 7.54. The lowest BCUT2D eigenvalue weighted by molar-refractivity contribution is 0.213. The number of para-hydroxylation sites is 1. The van der Waals surface area contributed by atoms with Gasteiger partial charge in [0.05, 0.1) is 24.9 Å². The average molecular weight is 441 g/mol. The number of anilines is 1. The van der Waals surface area contributed by atoms with Crippen LogP contribution in [0.3, 0.4) is 0 Å². The van der Waals surface area contributed by atoms with E-state index >= 15 is 0 Å². The van der Waals surface area contributed by atoms with Crippen LogP contribution in [0.1, 0.15) is 31.6 Å². The molecular formula is C23H28N3O4P. The van der Waals surface area contributed by atoms with Gasteiger partial charge in [-0.15, -0.1) is 0 Å². The van der Waals surface area contributed by atoms with Gasteiger partial charge in [0.15, 0.2) is 5.78 Å². The van der Waals surface area contributed by atoms with Crippen LogP contribution in [0.4, 0.5) is 11.4 Å². The number of nitrogens with one attached hydrogen (secondary N) is 1. The third-order valence-electron chi connectivity index (χ3n) is 4.62. The fourth-order valence-electron chi connectivity index (χ4n) is 3.17. The normalized spacial score (nSPS) is 17.2. The van der Waals surface area contributed by atoms with E-state index in [1.54, 1.807) is 38.1 Å².